The first-order chi connectivity index (χ1) is 7.09. The topological polar surface area (TPSA) is 9.23 Å². The van der Waals surface area contributed by atoms with Gasteiger partial charge in [0.25, 0.3) is 0 Å². The maximum Gasteiger partial charge on any atom is 0.165 e. The highest BCUT2D eigenvalue weighted by atomic mass is 19.1. The molecular weight excluding hydrogens is 191 g/mol. The number of halogens is 1. The summed E-state index contributed by atoms with van der Waals surface area (Å²) in [7, 11) is 0. The molecule has 0 saturated heterocycles. The van der Waals surface area contributed by atoms with Gasteiger partial charge in [0.05, 0.1) is 6.61 Å². The minimum atomic E-state index is -0.283. The van der Waals surface area contributed by atoms with Crippen LogP contribution in [0.1, 0.15) is 27.2 Å². The van der Waals surface area contributed by atoms with Gasteiger partial charge in [-0.3, -0.25) is 0 Å². The molecule has 0 spiro atoms. The quantitative estimate of drug-likeness (QED) is 0.716. The molecule has 0 aliphatic heterocycles. The van der Waals surface area contributed by atoms with E-state index in [0.717, 1.165) is 6.42 Å². The van der Waals surface area contributed by atoms with Gasteiger partial charge in [-0.25, -0.2) is 4.39 Å². The highest BCUT2D eigenvalue weighted by molar-refractivity contribution is 5.23. The zero-order chi connectivity index (χ0) is 11.3. The third-order valence-electron chi connectivity index (χ3n) is 2.23. The predicted octanol–water partition coefficient (Wildman–Crippen LogP) is 3.89. The second-order valence-electron chi connectivity index (χ2n) is 4.48. The first-order valence-electron chi connectivity index (χ1n) is 5.47. The van der Waals surface area contributed by atoms with E-state index in [9.17, 15) is 4.39 Å². The maximum absolute atomic E-state index is 13.2. The Kier molecular flexibility index (Phi) is 4.60. The van der Waals surface area contributed by atoms with E-state index in [0.29, 0.717) is 24.2 Å². The Hall–Kier alpha value is -1.05. The van der Waals surface area contributed by atoms with E-state index in [1.807, 2.05) is 0 Å². The van der Waals surface area contributed by atoms with Crippen LogP contribution in [-0.2, 0) is 0 Å². The fraction of sp³-hybridized carbons (Fsp3) is 0.538. The van der Waals surface area contributed by atoms with Crippen molar-refractivity contribution in [3.63, 3.8) is 0 Å². The molecular formula is C13H19FO. The van der Waals surface area contributed by atoms with E-state index in [-0.39, 0.29) is 5.82 Å². The third kappa shape index (κ3) is 4.32. The molecule has 0 fully saturated rings. The van der Waals surface area contributed by atoms with Crippen LogP contribution in [0.25, 0.3) is 0 Å². The summed E-state index contributed by atoms with van der Waals surface area (Å²) in [5, 5.41) is 0. The zero-order valence-corrected chi connectivity index (χ0v) is 9.66. The summed E-state index contributed by atoms with van der Waals surface area (Å²) in [4.78, 5) is 0. The van der Waals surface area contributed by atoms with Gasteiger partial charge in [0.2, 0.25) is 0 Å². The normalized spacial score (nSPS) is 12.9. The number of ether oxygens (including phenoxy) is 1. The smallest absolute Gasteiger partial charge is 0.165 e. The van der Waals surface area contributed by atoms with Crippen molar-refractivity contribution >= 4 is 0 Å². The molecule has 15 heavy (non-hydrogen) atoms. The molecule has 0 aliphatic rings. The van der Waals surface area contributed by atoms with Crippen molar-refractivity contribution in [1.29, 1.82) is 0 Å². The fourth-order valence-electron chi connectivity index (χ4n) is 1.67. The number of rotatable bonds is 5. The van der Waals surface area contributed by atoms with Crippen molar-refractivity contribution in [2.24, 2.45) is 11.8 Å². The van der Waals surface area contributed by atoms with Crippen LogP contribution < -0.4 is 4.74 Å². The van der Waals surface area contributed by atoms with Crippen LogP contribution in [0.3, 0.4) is 0 Å². The summed E-state index contributed by atoms with van der Waals surface area (Å²) in [6, 6.07) is 6.53. The van der Waals surface area contributed by atoms with Gasteiger partial charge in [-0.1, -0.05) is 32.9 Å². The van der Waals surface area contributed by atoms with Crippen molar-refractivity contribution < 1.29 is 9.13 Å². The second kappa shape index (κ2) is 5.74. The van der Waals surface area contributed by atoms with Crippen molar-refractivity contribution in [2.45, 2.75) is 27.2 Å². The molecule has 1 unspecified atom stereocenters. The highest BCUT2D eigenvalue weighted by Crippen LogP contribution is 2.18. The van der Waals surface area contributed by atoms with Crippen LogP contribution in [0.2, 0.25) is 0 Å². The van der Waals surface area contributed by atoms with E-state index >= 15 is 0 Å². The van der Waals surface area contributed by atoms with E-state index in [1.54, 1.807) is 18.2 Å². The number of hydrogen-bond donors (Lipinski definition) is 0. The van der Waals surface area contributed by atoms with Gasteiger partial charge in [0, 0.05) is 0 Å². The summed E-state index contributed by atoms with van der Waals surface area (Å²) in [6.45, 7) is 7.07. The van der Waals surface area contributed by atoms with E-state index in [4.69, 9.17) is 4.74 Å². The number of para-hydroxylation sites is 1. The van der Waals surface area contributed by atoms with Gasteiger partial charge >= 0.3 is 0 Å². The SMILES string of the molecule is CC(C)CC(C)COc1ccccc1F. The van der Waals surface area contributed by atoms with Crippen LogP contribution in [0.4, 0.5) is 4.39 Å². The van der Waals surface area contributed by atoms with Crippen LogP contribution in [0, 0.1) is 17.7 Å². The lowest BCUT2D eigenvalue weighted by Crippen LogP contribution is -2.11. The van der Waals surface area contributed by atoms with Crippen molar-refractivity contribution in [1.82, 2.24) is 0 Å². The number of benzene rings is 1. The molecule has 1 nitrogen and oxygen atoms in total. The van der Waals surface area contributed by atoms with E-state index in [2.05, 4.69) is 20.8 Å². The Bertz CT molecular complexity index is 296. The Morgan fingerprint density at radius 2 is 1.87 bits per heavy atom. The lowest BCUT2D eigenvalue weighted by Gasteiger charge is -2.15. The number of hydrogen-bond acceptors (Lipinski definition) is 1. The average Bonchev–Trinajstić information content (AvgIpc) is 2.15. The molecule has 0 heterocycles. The Balaban J connectivity index is 2.40. The van der Waals surface area contributed by atoms with Gasteiger partial charge in [-0.05, 0) is 30.4 Å². The summed E-state index contributed by atoms with van der Waals surface area (Å²) < 4.78 is 18.6. The highest BCUT2D eigenvalue weighted by Gasteiger charge is 2.07. The summed E-state index contributed by atoms with van der Waals surface area (Å²) in [6.07, 6.45) is 1.11. The molecule has 84 valence electrons. The molecule has 0 radical (unpaired) electrons. The summed E-state index contributed by atoms with van der Waals surface area (Å²) >= 11 is 0. The molecule has 2 heteroatoms. The van der Waals surface area contributed by atoms with Crippen molar-refractivity contribution in [2.75, 3.05) is 6.61 Å². The van der Waals surface area contributed by atoms with Gasteiger partial charge < -0.3 is 4.74 Å². The second-order valence-corrected chi connectivity index (χ2v) is 4.48. The van der Waals surface area contributed by atoms with Gasteiger partial charge in [-0.15, -0.1) is 0 Å². The third-order valence-corrected chi connectivity index (χ3v) is 2.23. The summed E-state index contributed by atoms with van der Waals surface area (Å²) in [5.41, 5.74) is 0. The molecule has 0 saturated carbocycles. The molecule has 0 aliphatic carbocycles. The molecule has 1 rings (SSSR count). The monoisotopic (exact) mass is 210 g/mol. The van der Waals surface area contributed by atoms with Crippen LogP contribution in [0.5, 0.6) is 5.75 Å². The molecule has 0 bridgehead atoms. The fourth-order valence-corrected chi connectivity index (χ4v) is 1.67. The van der Waals surface area contributed by atoms with Crippen molar-refractivity contribution in [3.05, 3.63) is 30.1 Å². The Morgan fingerprint density at radius 3 is 2.47 bits per heavy atom. The van der Waals surface area contributed by atoms with Crippen LogP contribution >= 0.6 is 0 Å². The van der Waals surface area contributed by atoms with E-state index in [1.165, 1.54) is 6.07 Å². The van der Waals surface area contributed by atoms with Crippen LogP contribution in [0.15, 0.2) is 24.3 Å². The van der Waals surface area contributed by atoms with Gasteiger partial charge in [0.15, 0.2) is 11.6 Å². The first kappa shape index (κ1) is 12.0. The average molecular weight is 210 g/mol. The first-order valence-corrected chi connectivity index (χ1v) is 5.47. The molecule has 1 aromatic carbocycles. The lowest BCUT2D eigenvalue weighted by atomic mass is 10.00. The van der Waals surface area contributed by atoms with Gasteiger partial charge in [0.1, 0.15) is 0 Å². The van der Waals surface area contributed by atoms with Gasteiger partial charge in [-0.2, -0.15) is 0 Å². The minimum Gasteiger partial charge on any atom is -0.490 e. The Labute approximate surface area is 91.3 Å². The predicted molar refractivity (Wildman–Crippen MR) is 60.5 cm³/mol. The molecule has 0 amide bonds. The maximum atomic E-state index is 13.2. The van der Waals surface area contributed by atoms with E-state index < -0.39 is 0 Å². The minimum absolute atomic E-state index is 0.283. The molecule has 0 aromatic heterocycles. The van der Waals surface area contributed by atoms with Crippen LogP contribution in [-0.4, -0.2) is 6.61 Å². The van der Waals surface area contributed by atoms with Crippen molar-refractivity contribution in [3.8, 4) is 5.75 Å². The standard InChI is InChI=1S/C13H19FO/c1-10(2)8-11(3)9-15-13-7-5-4-6-12(13)14/h4-7,10-11H,8-9H2,1-3H3. The Morgan fingerprint density at radius 1 is 1.20 bits per heavy atom. The summed E-state index contributed by atoms with van der Waals surface area (Å²) in [5.74, 6) is 1.19. The zero-order valence-electron chi connectivity index (χ0n) is 9.66. The lowest BCUT2D eigenvalue weighted by molar-refractivity contribution is 0.230. The molecule has 1 atom stereocenters. The molecule has 0 N–H and O–H groups in total. The molecule has 1 aromatic rings. The largest absolute Gasteiger partial charge is 0.490 e.